The molecule has 9 heteroatoms. The number of fused-ring (bicyclic) bond motifs is 1. The molecule has 2 aromatic carbocycles. The third-order valence-corrected chi connectivity index (χ3v) is 4.23. The van der Waals surface area contributed by atoms with Gasteiger partial charge in [0, 0.05) is 19.2 Å². The highest BCUT2D eigenvalue weighted by molar-refractivity contribution is 5.98. The summed E-state index contributed by atoms with van der Waals surface area (Å²) in [6.45, 7) is 1.80. The van der Waals surface area contributed by atoms with E-state index in [-0.39, 0.29) is 23.7 Å². The Bertz CT molecular complexity index is 1050. The van der Waals surface area contributed by atoms with Gasteiger partial charge < -0.3 is 9.64 Å². The molecule has 0 aromatic heterocycles. The first kappa shape index (κ1) is 19.6. The summed E-state index contributed by atoms with van der Waals surface area (Å²) in [5, 5.41) is 26.3. The summed E-state index contributed by atoms with van der Waals surface area (Å²) in [5.74, 6) is -0.467. The Morgan fingerprint density at radius 2 is 1.90 bits per heavy atom. The Kier molecular flexibility index (Phi) is 5.55. The lowest BCUT2D eigenvalue weighted by Gasteiger charge is -2.19. The van der Waals surface area contributed by atoms with E-state index in [1.54, 1.807) is 31.0 Å². The van der Waals surface area contributed by atoms with Gasteiger partial charge >= 0.3 is 5.97 Å². The van der Waals surface area contributed by atoms with E-state index in [1.807, 2.05) is 30.3 Å². The molecule has 29 heavy (non-hydrogen) atoms. The summed E-state index contributed by atoms with van der Waals surface area (Å²) < 4.78 is 5.01. The standard InChI is InChI=1S/C20H17N5O4/c1-3-29-20(26)16(12-21)19-23(2)17-6-4-5-7-18(17)24(19)22-13-14-8-10-15(11-9-14)25(27)28/h4-11,13H,3H2,1-2H3/b19-16-,22-13+. The maximum absolute atomic E-state index is 12.3. The fraction of sp³-hybridized carbons (Fsp3) is 0.150. The zero-order valence-corrected chi connectivity index (χ0v) is 15.8. The highest BCUT2D eigenvalue weighted by Gasteiger charge is 2.34. The normalized spacial score (nSPS) is 14.5. The zero-order valence-electron chi connectivity index (χ0n) is 15.8. The molecule has 9 nitrogen and oxygen atoms in total. The van der Waals surface area contributed by atoms with Crippen molar-refractivity contribution < 1.29 is 14.5 Å². The Morgan fingerprint density at radius 3 is 2.48 bits per heavy atom. The van der Waals surface area contributed by atoms with Gasteiger partial charge in [0.05, 0.1) is 29.1 Å². The first-order chi connectivity index (χ1) is 14.0. The van der Waals surface area contributed by atoms with Crippen molar-refractivity contribution >= 4 is 29.2 Å². The molecule has 0 radical (unpaired) electrons. The molecule has 3 rings (SSSR count). The van der Waals surface area contributed by atoms with Gasteiger partial charge in [0.25, 0.3) is 5.69 Å². The zero-order chi connectivity index (χ0) is 21.0. The lowest BCUT2D eigenvalue weighted by Crippen LogP contribution is -2.26. The fourth-order valence-electron chi connectivity index (χ4n) is 2.88. The first-order valence-electron chi connectivity index (χ1n) is 8.70. The van der Waals surface area contributed by atoms with Crippen LogP contribution < -0.4 is 9.91 Å². The highest BCUT2D eigenvalue weighted by Crippen LogP contribution is 2.41. The van der Waals surface area contributed by atoms with Crippen LogP contribution in [0.15, 0.2) is 65.0 Å². The number of nitro groups is 1. The number of anilines is 2. The first-order valence-corrected chi connectivity index (χ1v) is 8.70. The quantitative estimate of drug-likeness (QED) is 0.192. The van der Waals surface area contributed by atoms with Crippen LogP contribution in [0.5, 0.6) is 0 Å². The summed E-state index contributed by atoms with van der Waals surface area (Å²) >= 11 is 0. The van der Waals surface area contributed by atoms with Gasteiger partial charge in [-0.25, -0.2) is 9.80 Å². The van der Waals surface area contributed by atoms with Crippen molar-refractivity contribution in [3.63, 3.8) is 0 Å². The van der Waals surface area contributed by atoms with Gasteiger partial charge in [-0.05, 0) is 36.8 Å². The minimum absolute atomic E-state index is 0.0249. The van der Waals surface area contributed by atoms with Crippen LogP contribution in [-0.4, -0.2) is 30.8 Å². The Labute approximate surface area is 166 Å². The highest BCUT2D eigenvalue weighted by atomic mass is 16.6. The number of ether oxygens (including phenoxy) is 1. The molecule has 0 fully saturated rings. The average molecular weight is 391 g/mol. The monoisotopic (exact) mass is 391 g/mol. The molecule has 1 aliphatic rings. The summed E-state index contributed by atoms with van der Waals surface area (Å²) in [6.07, 6.45) is 1.50. The number of hydrogen-bond donors (Lipinski definition) is 0. The van der Waals surface area contributed by atoms with Gasteiger partial charge in [-0.3, -0.25) is 10.1 Å². The van der Waals surface area contributed by atoms with Gasteiger partial charge in [-0.2, -0.15) is 10.4 Å². The predicted octanol–water partition coefficient (Wildman–Crippen LogP) is 3.18. The minimum atomic E-state index is -0.736. The number of benzene rings is 2. The van der Waals surface area contributed by atoms with Crippen molar-refractivity contribution in [2.75, 3.05) is 23.6 Å². The van der Waals surface area contributed by atoms with Gasteiger partial charge in [-0.15, -0.1) is 0 Å². The van der Waals surface area contributed by atoms with Crippen molar-refractivity contribution in [1.29, 1.82) is 5.26 Å². The second-order valence-electron chi connectivity index (χ2n) is 5.98. The summed E-state index contributed by atoms with van der Waals surface area (Å²) in [5.41, 5.74) is 1.87. The van der Waals surface area contributed by atoms with Crippen molar-refractivity contribution in [2.45, 2.75) is 6.92 Å². The molecule has 0 saturated heterocycles. The molecule has 1 aliphatic heterocycles. The van der Waals surface area contributed by atoms with Crippen molar-refractivity contribution in [3.8, 4) is 6.07 Å². The van der Waals surface area contributed by atoms with E-state index in [0.29, 0.717) is 11.3 Å². The molecule has 146 valence electrons. The van der Waals surface area contributed by atoms with Crippen LogP contribution in [0.25, 0.3) is 0 Å². The van der Waals surface area contributed by atoms with E-state index in [0.717, 1.165) is 5.69 Å². The summed E-state index contributed by atoms with van der Waals surface area (Å²) in [6, 6.07) is 15.1. The third-order valence-electron chi connectivity index (χ3n) is 4.23. The van der Waals surface area contributed by atoms with Crippen molar-refractivity contribution in [2.24, 2.45) is 5.10 Å². The molecule has 0 bridgehead atoms. The number of rotatable bonds is 5. The molecule has 0 amide bonds. The SMILES string of the molecule is CCOC(=O)/C(C#N)=C1/N(C)c2ccccc2N1/N=C/c1ccc([N+](=O)[O-])cc1. The molecule has 0 saturated carbocycles. The number of carbonyl (C=O) groups excluding carboxylic acids is 1. The fourth-order valence-corrected chi connectivity index (χ4v) is 2.88. The molecule has 0 unspecified atom stereocenters. The Balaban J connectivity index is 2.06. The molecule has 0 N–H and O–H groups in total. The number of nitrogens with zero attached hydrogens (tertiary/aromatic N) is 5. The molecule has 0 spiro atoms. The van der Waals surface area contributed by atoms with E-state index < -0.39 is 10.9 Å². The van der Waals surface area contributed by atoms with Crippen LogP contribution in [0.4, 0.5) is 17.1 Å². The van der Waals surface area contributed by atoms with E-state index >= 15 is 0 Å². The van der Waals surface area contributed by atoms with Crippen LogP contribution in [0.2, 0.25) is 0 Å². The number of esters is 1. The lowest BCUT2D eigenvalue weighted by molar-refractivity contribution is -0.384. The number of non-ortho nitro benzene ring substituents is 1. The van der Waals surface area contributed by atoms with Crippen LogP contribution >= 0.6 is 0 Å². The summed E-state index contributed by atoms with van der Waals surface area (Å²) in [7, 11) is 1.73. The maximum atomic E-state index is 12.3. The lowest BCUT2D eigenvalue weighted by atomic mass is 10.2. The van der Waals surface area contributed by atoms with Crippen LogP contribution in [0.1, 0.15) is 12.5 Å². The van der Waals surface area contributed by atoms with Crippen molar-refractivity contribution in [1.82, 2.24) is 0 Å². The molecular weight excluding hydrogens is 374 g/mol. The van der Waals surface area contributed by atoms with Crippen LogP contribution in [0, 0.1) is 21.4 Å². The molecular formula is C20H17N5O4. The maximum Gasteiger partial charge on any atom is 0.352 e. The van der Waals surface area contributed by atoms with E-state index in [4.69, 9.17) is 4.74 Å². The number of hydrogen-bond acceptors (Lipinski definition) is 8. The smallest absolute Gasteiger partial charge is 0.352 e. The summed E-state index contributed by atoms with van der Waals surface area (Å²) in [4.78, 5) is 24.3. The molecule has 1 heterocycles. The number of carbonyl (C=O) groups is 1. The third kappa shape index (κ3) is 3.77. The second-order valence-corrected chi connectivity index (χ2v) is 5.98. The van der Waals surface area contributed by atoms with Crippen molar-refractivity contribution in [3.05, 3.63) is 75.6 Å². The second kappa shape index (κ2) is 8.22. The molecule has 2 aromatic rings. The largest absolute Gasteiger partial charge is 0.462 e. The Morgan fingerprint density at radius 1 is 1.24 bits per heavy atom. The number of hydrazone groups is 1. The van der Waals surface area contributed by atoms with Gasteiger partial charge in [0.1, 0.15) is 6.07 Å². The van der Waals surface area contributed by atoms with Gasteiger partial charge in [-0.1, -0.05) is 12.1 Å². The predicted molar refractivity (Wildman–Crippen MR) is 107 cm³/mol. The number of nitriles is 1. The van der Waals surface area contributed by atoms with E-state index in [9.17, 15) is 20.2 Å². The van der Waals surface area contributed by atoms with Crippen LogP contribution in [0.3, 0.4) is 0 Å². The van der Waals surface area contributed by atoms with Gasteiger partial charge in [0.2, 0.25) is 0 Å². The number of nitro benzene ring substituents is 1. The minimum Gasteiger partial charge on any atom is -0.462 e. The average Bonchev–Trinajstić information content (AvgIpc) is 3.00. The molecule has 0 atom stereocenters. The van der Waals surface area contributed by atoms with E-state index in [2.05, 4.69) is 5.10 Å². The van der Waals surface area contributed by atoms with E-state index in [1.165, 1.54) is 23.4 Å². The number of para-hydroxylation sites is 2. The topological polar surface area (TPSA) is 112 Å². The van der Waals surface area contributed by atoms with Gasteiger partial charge in [0.15, 0.2) is 11.4 Å². The van der Waals surface area contributed by atoms with Crippen LogP contribution in [-0.2, 0) is 9.53 Å². The molecule has 0 aliphatic carbocycles. The Hall–Kier alpha value is -4.19.